The first-order chi connectivity index (χ1) is 10.1. The van der Waals surface area contributed by atoms with Crippen molar-refractivity contribution in [3.8, 4) is 0 Å². The molecule has 2 aromatic rings. The monoisotopic (exact) mass is 301 g/mol. The van der Waals surface area contributed by atoms with Crippen molar-refractivity contribution in [2.24, 2.45) is 4.36 Å². The van der Waals surface area contributed by atoms with E-state index >= 15 is 0 Å². The van der Waals surface area contributed by atoms with Crippen LogP contribution in [-0.4, -0.2) is 21.7 Å². The first-order valence-electron chi connectivity index (χ1n) is 7.14. The number of rotatable bonds is 3. The highest BCUT2D eigenvalue weighted by Crippen LogP contribution is 2.39. The summed E-state index contributed by atoms with van der Waals surface area (Å²) in [7, 11) is -2.46. The van der Waals surface area contributed by atoms with Crippen molar-refractivity contribution in [1.29, 1.82) is 0 Å². The van der Waals surface area contributed by atoms with Crippen molar-refractivity contribution >= 4 is 15.4 Å². The maximum absolute atomic E-state index is 13.3. The highest BCUT2D eigenvalue weighted by molar-refractivity contribution is 7.93. The molecule has 0 saturated carbocycles. The van der Waals surface area contributed by atoms with Crippen LogP contribution in [0.3, 0.4) is 0 Å². The van der Waals surface area contributed by atoms with Gasteiger partial charge in [0.25, 0.3) is 0 Å². The quantitative estimate of drug-likeness (QED) is 0.941. The molecular formula is C17H19NO2S. The zero-order valence-corrected chi connectivity index (χ0v) is 12.8. The van der Waals surface area contributed by atoms with Gasteiger partial charge >= 0.3 is 0 Å². The van der Waals surface area contributed by atoms with Crippen LogP contribution < -0.4 is 0 Å². The lowest BCUT2D eigenvalue weighted by Gasteiger charge is -2.26. The molecule has 0 spiro atoms. The Morgan fingerprint density at radius 3 is 2.71 bits per heavy atom. The summed E-state index contributed by atoms with van der Waals surface area (Å²) in [6, 6.07) is 15.5. The molecule has 2 aromatic carbocycles. The predicted molar refractivity (Wildman–Crippen MR) is 85.4 cm³/mol. The van der Waals surface area contributed by atoms with Crippen LogP contribution in [0.25, 0.3) is 0 Å². The molecule has 0 aliphatic carbocycles. The molecule has 3 nitrogen and oxygen atoms in total. The second-order valence-corrected chi connectivity index (χ2v) is 7.75. The highest BCUT2D eigenvalue weighted by Gasteiger charge is 2.27. The predicted octanol–water partition coefficient (Wildman–Crippen LogP) is 3.63. The summed E-state index contributed by atoms with van der Waals surface area (Å²) < 4.78 is 17.9. The van der Waals surface area contributed by atoms with Gasteiger partial charge in [0.15, 0.2) is 0 Å². The third kappa shape index (κ3) is 2.74. The minimum absolute atomic E-state index is 0.0933. The molecule has 0 saturated heterocycles. The fourth-order valence-corrected chi connectivity index (χ4v) is 5.14. The Morgan fingerprint density at radius 1 is 1.24 bits per heavy atom. The van der Waals surface area contributed by atoms with Gasteiger partial charge in [0, 0.05) is 23.2 Å². The lowest BCUT2D eigenvalue weighted by molar-refractivity contribution is 0.279. The van der Waals surface area contributed by atoms with Gasteiger partial charge in [0.2, 0.25) is 0 Å². The van der Waals surface area contributed by atoms with Crippen LogP contribution in [0.4, 0.5) is 5.69 Å². The minimum Gasteiger partial charge on any atom is -0.396 e. The largest absolute Gasteiger partial charge is 0.396 e. The summed E-state index contributed by atoms with van der Waals surface area (Å²) in [6.45, 7) is 2.11. The number of benzene rings is 2. The summed E-state index contributed by atoms with van der Waals surface area (Å²) in [5.41, 5.74) is 3.02. The van der Waals surface area contributed by atoms with E-state index in [2.05, 4.69) is 10.4 Å². The second-order valence-electron chi connectivity index (χ2n) is 5.48. The maximum Gasteiger partial charge on any atom is 0.0806 e. The van der Waals surface area contributed by atoms with E-state index in [1.54, 1.807) is 0 Å². The van der Waals surface area contributed by atoms with Crippen LogP contribution in [0.2, 0.25) is 0 Å². The Bertz CT molecular complexity index is 762. The average Bonchev–Trinajstić information content (AvgIpc) is 2.48. The number of hydrogen-bond donors (Lipinski definition) is 1. The third-order valence-corrected chi connectivity index (χ3v) is 6.24. The molecule has 1 aliphatic rings. The van der Waals surface area contributed by atoms with E-state index in [1.807, 2.05) is 49.4 Å². The highest BCUT2D eigenvalue weighted by atomic mass is 32.2. The summed E-state index contributed by atoms with van der Waals surface area (Å²) in [4.78, 5) is 0.778. The molecule has 2 atom stereocenters. The molecule has 1 heterocycles. The molecule has 0 fully saturated rings. The van der Waals surface area contributed by atoms with Gasteiger partial charge in [-0.1, -0.05) is 30.3 Å². The number of hydrogen-bond acceptors (Lipinski definition) is 3. The Kier molecular flexibility index (Phi) is 3.83. The molecule has 3 rings (SSSR count). The molecule has 4 heteroatoms. The maximum atomic E-state index is 13.3. The number of aryl methyl sites for hydroxylation is 1. The van der Waals surface area contributed by atoms with Gasteiger partial charge in [0.1, 0.15) is 0 Å². The second kappa shape index (κ2) is 5.62. The zero-order valence-electron chi connectivity index (χ0n) is 12.0. The minimum atomic E-state index is -2.46. The first kappa shape index (κ1) is 14.3. The lowest BCUT2D eigenvalue weighted by atomic mass is 9.95. The third-order valence-electron chi connectivity index (χ3n) is 3.89. The lowest BCUT2D eigenvalue weighted by Crippen LogP contribution is -2.19. The van der Waals surface area contributed by atoms with E-state index in [0.29, 0.717) is 12.2 Å². The molecule has 0 aromatic heterocycles. The number of aliphatic hydroxyl groups excluding tert-OH is 1. The Labute approximate surface area is 125 Å². The molecule has 0 amide bonds. The standard InChI is InChI=1S/C17H19NO2S/c1-13-7-8-16-14(9-10-19)12-21(20,18-17(16)11-13)15-5-3-2-4-6-15/h2-8,11,14,19H,9-10,12H2,1H3/t14-,21?/m1/s1. The van der Waals surface area contributed by atoms with Gasteiger partial charge in [-0.2, -0.15) is 4.36 Å². The molecule has 21 heavy (non-hydrogen) atoms. The van der Waals surface area contributed by atoms with Gasteiger partial charge in [0.05, 0.1) is 15.4 Å². The molecule has 1 N–H and O–H groups in total. The summed E-state index contributed by atoms with van der Waals surface area (Å²) in [5, 5.41) is 9.32. The Balaban J connectivity index is 2.18. The number of nitrogens with zero attached hydrogens (tertiary/aromatic N) is 1. The van der Waals surface area contributed by atoms with Crippen LogP contribution in [-0.2, 0) is 9.73 Å². The fraction of sp³-hybridized carbons (Fsp3) is 0.294. The van der Waals surface area contributed by atoms with Crippen LogP contribution in [0, 0.1) is 6.92 Å². The Morgan fingerprint density at radius 2 is 2.00 bits per heavy atom. The smallest absolute Gasteiger partial charge is 0.0806 e. The summed E-state index contributed by atoms with van der Waals surface area (Å²) in [5.74, 6) is 0.573. The van der Waals surface area contributed by atoms with E-state index < -0.39 is 9.73 Å². The van der Waals surface area contributed by atoms with Crippen molar-refractivity contribution in [2.45, 2.75) is 24.2 Å². The Hall–Kier alpha value is -1.65. The van der Waals surface area contributed by atoms with Crippen molar-refractivity contribution in [1.82, 2.24) is 0 Å². The van der Waals surface area contributed by atoms with Crippen LogP contribution in [0.5, 0.6) is 0 Å². The molecule has 1 aliphatic heterocycles. The number of fused-ring (bicyclic) bond motifs is 1. The van der Waals surface area contributed by atoms with Crippen LogP contribution in [0.1, 0.15) is 23.5 Å². The van der Waals surface area contributed by atoms with Crippen LogP contribution >= 0.6 is 0 Å². The van der Waals surface area contributed by atoms with E-state index in [-0.39, 0.29) is 12.5 Å². The van der Waals surface area contributed by atoms with Gasteiger partial charge < -0.3 is 5.11 Å². The van der Waals surface area contributed by atoms with Gasteiger partial charge in [-0.05, 0) is 42.7 Å². The van der Waals surface area contributed by atoms with E-state index in [0.717, 1.165) is 21.7 Å². The van der Waals surface area contributed by atoms with Gasteiger partial charge in [-0.3, -0.25) is 0 Å². The van der Waals surface area contributed by atoms with Crippen molar-refractivity contribution in [3.63, 3.8) is 0 Å². The van der Waals surface area contributed by atoms with Gasteiger partial charge in [-0.15, -0.1) is 0 Å². The molecule has 110 valence electrons. The molecular weight excluding hydrogens is 282 g/mol. The zero-order chi connectivity index (χ0) is 14.9. The SMILES string of the molecule is Cc1ccc2c(c1)N=S(=O)(c1ccccc1)C[C@H]2CCO. The summed E-state index contributed by atoms with van der Waals surface area (Å²) >= 11 is 0. The van der Waals surface area contributed by atoms with Gasteiger partial charge in [-0.25, -0.2) is 4.21 Å². The van der Waals surface area contributed by atoms with E-state index in [9.17, 15) is 9.32 Å². The summed E-state index contributed by atoms with van der Waals surface area (Å²) in [6.07, 6.45) is 0.620. The van der Waals surface area contributed by atoms with Crippen LogP contribution in [0.15, 0.2) is 57.8 Å². The average molecular weight is 301 g/mol. The van der Waals surface area contributed by atoms with Crippen molar-refractivity contribution < 1.29 is 9.32 Å². The van der Waals surface area contributed by atoms with Crippen molar-refractivity contribution in [2.75, 3.05) is 12.4 Å². The fourth-order valence-electron chi connectivity index (χ4n) is 2.81. The molecule has 0 radical (unpaired) electrons. The topological polar surface area (TPSA) is 49.7 Å². The normalized spacial score (nSPS) is 24.2. The molecule has 1 unspecified atom stereocenters. The number of aliphatic hydroxyl groups is 1. The molecule has 0 bridgehead atoms. The van der Waals surface area contributed by atoms with E-state index in [4.69, 9.17) is 0 Å². The van der Waals surface area contributed by atoms with E-state index in [1.165, 1.54) is 0 Å². The van der Waals surface area contributed by atoms with Crippen molar-refractivity contribution in [3.05, 3.63) is 59.7 Å². The first-order valence-corrected chi connectivity index (χ1v) is 8.82.